The predicted molar refractivity (Wildman–Crippen MR) is 103 cm³/mol. The molecule has 3 amide bonds. The van der Waals surface area contributed by atoms with Crippen LogP contribution in [0.15, 0.2) is 0 Å². The van der Waals surface area contributed by atoms with Crippen LogP contribution in [0.1, 0.15) is 58.8 Å². The molecule has 0 bridgehead atoms. The highest BCUT2D eigenvalue weighted by atomic mass is 16.5. The first-order valence-electron chi connectivity index (χ1n) is 10.3. The number of urea groups is 1. The highest BCUT2D eigenvalue weighted by Crippen LogP contribution is 2.27. The number of carbonyl (C=O) groups excluding carboxylic acids is 2. The molecule has 7 nitrogen and oxygen atoms in total. The molecule has 2 rings (SSSR count). The maximum absolute atomic E-state index is 12.8. The number of nitriles is 1. The second kappa shape index (κ2) is 11.1. The summed E-state index contributed by atoms with van der Waals surface area (Å²) < 4.78 is 5.27. The number of hydrogen-bond donors (Lipinski definition) is 2. The van der Waals surface area contributed by atoms with E-state index in [-0.39, 0.29) is 17.9 Å². The summed E-state index contributed by atoms with van der Waals surface area (Å²) in [6.07, 6.45) is 7.21. The molecule has 1 aliphatic carbocycles. The van der Waals surface area contributed by atoms with E-state index in [1.165, 1.54) is 19.3 Å². The van der Waals surface area contributed by atoms with Gasteiger partial charge in [-0.15, -0.1) is 0 Å². The van der Waals surface area contributed by atoms with Gasteiger partial charge in [-0.3, -0.25) is 4.79 Å². The van der Waals surface area contributed by atoms with E-state index in [1.807, 2.05) is 13.8 Å². The third-order valence-electron chi connectivity index (χ3n) is 5.39. The van der Waals surface area contributed by atoms with Crippen molar-refractivity contribution in [3.8, 4) is 6.07 Å². The number of rotatable bonds is 7. The van der Waals surface area contributed by atoms with Crippen LogP contribution in [0.5, 0.6) is 0 Å². The van der Waals surface area contributed by atoms with Crippen molar-refractivity contribution in [2.24, 2.45) is 11.8 Å². The Balaban J connectivity index is 1.91. The fraction of sp³-hybridized carbons (Fsp3) is 0.850. The first kappa shape index (κ1) is 21.5. The number of amides is 3. The van der Waals surface area contributed by atoms with Crippen molar-refractivity contribution in [3.05, 3.63) is 0 Å². The lowest BCUT2D eigenvalue weighted by atomic mass is 9.85. The van der Waals surface area contributed by atoms with Gasteiger partial charge in [0.25, 0.3) is 0 Å². The molecule has 2 unspecified atom stereocenters. The quantitative estimate of drug-likeness (QED) is 0.711. The van der Waals surface area contributed by atoms with Crippen LogP contribution >= 0.6 is 0 Å². The fourth-order valence-electron chi connectivity index (χ4n) is 3.88. The minimum Gasteiger partial charge on any atom is -0.378 e. The summed E-state index contributed by atoms with van der Waals surface area (Å²) in [5.74, 6) is 0.507. The minimum absolute atomic E-state index is 0.236. The van der Waals surface area contributed by atoms with Crippen LogP contribution in [-0.4, -0.2) is 55.2 Å². The SMILES string of the molecule is CC(C)CC(NC(=O)N1CCOCC1)C(=O)NC(C#N)CC1CCCCC1. The smallest absolute Gasteiger partial charge is 0.318 e. The van der Waals surface area contributed by atoms with E-state index in [4.69, 9.17) is 4.74 Å². The molecule has 1 heterocycles. The number of ether oxygens (including phenoxy) is 1. The molecule has 2 atom stereocenters. The van der Waals surface area contributed by atoms with Crippen molar-refractivity contribution >= 4 is 11.9 Å². The molecule has 7 heteroatoms. The van der Waals surface area contributed by atoms with E-state index < -0.39 is 12.1 Å². The van der Waals surface area contributed by atoms with Crippen LogP contribution in [0.25, 0.3) is 0 Å². The summed E-state index contributed by atoms with van der Waals surface area (Å²) in [6, 6.07) is 0.884. The van der Waals surface area contributed by atoms with Crippen molar-refractivity contribution < 1.29 is 14.3 Å². The minimum atomic E-state index is -0.623. The molecular weight excluding hydrogens is 344 g/mol. The summed E-state index contributed by atoms with van der Waals surface area (Å²) in [4.78, 5) is 26.9. The Labute approximate surface area is 162 Å². The van der Waals surface area contributed by atoms with Gasteiger partial charge in [0.2, 0.25) is 5.91 Å². The zero-order valence-corrected chi connectivity index (χ0v) is 16.7. The number of morpholine rings is 1. The monoisotopic (exact) mass is 378 g/mol. The van der Waals surface area contributed by atoms with Gasteiger partial charge in [0.1, 0.15) is 12.1 Å². The lowest BCUT2D eigenvalue weighted by Gasteiger charge is -2.30. The standard InChI is InChI=1S/C20H34N4O3/c1-15(2)12-18(23-20(26)24-8-10-27-11-9-24)19(25)22-17(14-21)13-16-6-4-3-5-7-16/h15-18H,3-13H2,1-2H3,(H,22,25)(H,23,26). The van der Waals surface area contributed by atoms with Gasteiger partial charge in [-0.2, -0.15) is 5.26 Å². The van der Waals surface area contributed by atoms with E-state index in [2.05, 4.69) is 16.7 Å². The maximum Gasteiger partial charge on any atom is 0.318 e. The van der Waals surface area contributed by atoms with E-state index in [1.54, 1.807) is 4.90 Å². The first-order chi connectivity index (χ1) is 13.0. The lowest BCUT2D eigenvalue weighted by Crippen LogP contribution is -2.55. The molecule has 2 N–H and O–H groups in total. The van der Waals surface area contributed by atoms with Gasteiger partial charge >= 0.3 is 6.03 Å². The molecule has 27 heavy (non-hydrogen) atoms. The Kier molecular flexibility index (Phi) is 8.86. The highest BCUT2D eigenvalue weighted by Gasteiger charge is 2.28. The zero-order chi connectivity index (χ0) is 19.6. The average molecular weight is 379 g/mol. The largest absolute Gasteiger partial charge is 0.378 e. The van der Waals surface area contributed by atoms with Crippen LogP contribution in [0, 0.1) is 23.2 Å². The second-order valence-electron chi connectivity index (χ2n) is 8.16. The van der Waals surface area contributed by atoms with Crippen LogP contribution in [0.3, 0.4) is 0 Å². The van der Waals surface area contributed by atoms with E-state index in [0.29, 0.717) is 45.1 Å². The number of nitrogens with zero attached hydrogens (tertiary/aromatic N) is 2. The third kappa shape index (κ3) is 7.37. The highest BCUT2D eigenvalue weighted by molar-refractivity contribution is 5.87. The van der Waals surface area contributed by atoms with Gasteiger partial charge in [0, 0.05) is 13.1 Å². The maximum atomic E-state index is 12.8. The van der Waals surface area contributed by atoms with Gasteiger partial charge in [0.05, 0.1) is 19.3 Å². The van der Waals surface area contributed by atoms with Crippen LogP contribution in [0.4, 0.5) is 4.79 Å². The van der Waals surface area contributed by atoms with E-state index >= 15 is 0 Å². The fourth-order valence-corrected chi connectivity index (χ4v) is 3.88. The van der Waals surface area contributed by atoms with Gasteiger partial charge in [-0.05, 0) is 24.7 Å². The number of nitrogens with one attached hydrogen (secondary N) is 2. The lowest BCUT2D eigenvalue weighted by molar-refractivity contribution is -0.123. The molecule has 2 aliphatic rings. The summed E-state index contributed by atoms with van der Waals surface area (Å²) in [5.41, 5.74) is 0. The molecule has 0 aromatic rings. The molecule has 1 saturated carbocycles. The topological polar surface area (TPSA) is 94.5 Å². The van der Waals surface area contributed by atoms with Crippen molar-refractivity contribution in [1.29, 1.82) is 5.26 Å². The number of carbonyl (C=O) groups is 2. The van der Waals surface area contributed by atoms with Gasteiger partial charge in [-0.1, -0.05) is 46.0 Å². The molecule has 0 aromatic heterocycles. The normalized spacial score (nSPS) is 20.6. The van der Waals surface area contributed by atoms with Crippen molar-refractivity contribution in [2.75, 3.05) is 26.3 Å². The van der Waals surface area contributed by atoms with Crippen molar-refractivity contribution in [3.63, 3.8) is 0 Å². The Morgan fingerprint density at radius 2 is 1.81 bits per heavy atom. The Bertz CT molecular complexity index is 520. The molecule has 2 fully saturated rings. The molecule has 1 aliphatic heterocycles. The molecule has 0 aromatic carbocycles. The van der Waals surface area contributed by atoms with Crippen LogP contribution < -0.4 is 10.6 Å². The number of hydrogen-bond acceptors (Lipinski definition) is 4. The summed E-state index contributed by atoms with van der Waals surface area (Å²) in [5, 5.41) is 15.2. The summed E-state index contributed by atoms with van der Waals surface area (Å²) in [7, 11) is 0. The van der Waals surface area contributed by atoms with Crippen LogP contribution in [0.2, 0.25) is 0 Å². The van der Waals surface area contributed by atoms with Gasteiger partial charge < -0.3 is 20.3 Å². The first-order valence-corrected chi connectivity index (χ1v) is 10.3. The Morgan fingerprint density at radius 3 is 2.41 bits per heavy atom. The summed E-state index contributed by atoms with van der Waals surface area (Å²) in [6.45, 7) is 6.14. The van der Waals surface area contributed by atoms with E-state index in [0.717, 1.165) is 12.8 Å². The van der Waals surface area contributed by atoms with Crippen molar-refractivity contribution in [2.45, 2.75) is 70.9 Å². The van der Waals surface area contributed by atoms with Crippen LogP contribution in [-0.2, 0) is 9.53 Å². The second-order valence-corrected chi connectivity index (χ2v) is 8.16. The zero-order valence-electron chi connectivity index (χ0n) is 16.7. The summed E-state index contributed by atoms with van der Waals surface area (Å²) >= 11 is 0. The molecule has 0 spiro atoms. The van der Waals surface area contributed by atoms with E-state index in [9.17, 15) is 14.9 Å². The molecule has 152 valence electrons. The molecule has 0 radical (unpaired) electrons. The average Bonchev–Trinajstić information content (AvgIpc) is 2.68. The molecule has 1 saturated heterocycles. The van der Waals surface area contributed by atoms with Crippen molar-refractivity contribution in [1.82, 2.24) is 15.5 Å². The predicted octanol–water partition coefficient (Wildman–Crippen LogP) is 2.42. The Hall–Kier alpha value is -1.81. The van der Waals surface area contributed by atoms with Gasteiger partial charge in [0.15, 0.2) is 0 Å². The third-order valence-corrected chi connectivity index (χ3v) is 5.39. The Morgan fingerprint density at radius 1 is 1.15 bits per heavy atom. The molecular formula is C20H34N4O3. The van der Waals surface area contributed by atoms with Gasteiger partial charge in [-0.25, -0.2) is 4.79 Å².